The van der Waals surface area contributed by atoms with Crippen molar-refractivity contribution in [1.29, 1.82) is 0 Å². The zero-order chi connectivity index (χ0) is 14.3. The Labute approximate surface area is 117 Å². The first-order valence-electron chi connectivity index (χ1n) is 7.20. The monoisotopic (exact) mass is 267 g/mol. The number of hydrogen-bond donors (Lipinski definition) is 1. The number of rotatable bonds is 8. The van der Waals surface area contributed by atoms with Gasteiger partial charge in [0.15, 0.2) is 0 Å². The summed E-state index contributed by atoms with van der Waals surface area (Å²) in [6.45, 7) is 14.3. The second-order valence-corrected chi connectivity index (χ2v) is 6.48. The number of aromatic nitrogens is 2. The average Bonchev–Trinajstić information content (AvgIpc) is 2.72. The maximum atomic E-state index is 5.65. The van der Waals surface area contributed by atoms with Gasteiger partial charge in [0.2, 0.25) is 0 Å². The molecule has 1 aromatic rings. The molecule has 0 spiro atoms. The first kappa shape index (κ1) is 16.2. The van der Waals surface area contributed by atoms with Gasteiger partial charge >= 0.3 is 0 Å². The van der Waals surface area contributed by atoms with E-state index in [1.807, 2.05) is 12.5 Å². The number of nitrogens with one attached hydrogen (secondary N) is 1. The molecule has 1 N–H and O–H groups in total. The first-order chi connectivity index (χ1) is 8.88. The maximum absolute atomic E-state index is 5.65. The predicted molar refractivity (Wildman–Crippen MR) is 79.1 cm³/mol. The normalized spacial score (nSPS) is 12.3. The van der Waals surface area contributed by atoms with Gasteiger partial charge in [-0.25, -0.2) is 4.98 Å². The van der Waals surface area contributed by atoms with Crippen molar-refractivity contribution in [3.8, 4) is 0 Å². The molecule has 0 bridgehead atoms. The van der Waals surface area contributed by atoms with E-state index in [0.717, 1.165) is 32.7 Å². The van der Waals surface area contributed by atoms with Crippen LogP contribution in [0.15, 0.2) is 12.5 Å². The fourth-order valence-corrected chi connectivity index (χ4v) is 1.64. The highest BCUT2D eigenvalue weighted by atomic mass is 16.5. The fourth-order valence-electron chi connectivity index (χ4n) is 1.64. The van der Waals surface area contributed by atoms with Crippen molar-refractivity contribution in [3.05, 3.63) is 18.2 Å². The molecule has 110 valence electrons. The third-order valence-corrected chi connectivity index (χ3v) is 2.91. The summed E-state index contributed by atoms with van der Waals surface area (Å²) in [5, 5.41) is 3.48. The second-order valence-electron chi connectivity index (χ2n) is 6.48. The van der Waals surface area contributed by atoms with Crippen LogP contribution in [0.3, 0.4) is 0 Å². The lowest BCUT2D eigenvalue weighted by molar-refractivity contribution is 0.115. The van der Waals surface area contributed by atoms with Crippen LogP contribution in [-0.4, -0.2) is 28.3 Å². The Kier molecular flexibility index (Phi) is 6.52. The topological polar surface area (TPSA) is 39.1 Å². The molecule has 0 saturated carbocycles. The molecule has 0 saturated heterocycles. The highest BCUT2D eigenvalue weighted by Gasteiger charge is 2.10. The quantitative estimate of drug-likeness (QED) is 0.736. The molecule has 0 unspecified atom stereocenters. The predicted octanol–water partition coefficient (Wildman–Crippen LogP) is 2.83. The van der Waals surface area contributed by atoms with E-state index in [1.165, 1.54) is 5.69 Å². The molecule has 4 nitrogen and oxygen atoms in total. The Bertz CT molecular complexity index is 353. The zero-order valence-corrected chi connectivity index (χ0v) is 13.1. The van der Waals surface area contributed by atoms with Crippen LogP contribution < -0.4 is 5.32 Å². The van der Waals surface area contributed by atoms with E-state index in [4.69, 9.17) is 4.74 Å². The molecule has 0 aliphatic heterocycles. The van der Waals surface area contributed by atoms with E-state index in [0.29, 0.717) is 5.92 Å². The average molecular weight is 267 g/mol. The van der Waals surface area contributed by atoms with Crippen LogP contribution in [0, 0.1) is 5.92 Å². The molecule has 0 atom stereocenters. The van der Waals surface area contributed by atoms with Crippen molar-refractivity contribution in [3.63, 3.8) is 0 Å². The van der Waals surface area contributed by atoms with Crippen LogP contribution in [0.5, 0.6) is 0 Å². The van der Waals surface area contributed by atoms with Gasteiger partial charge in [-0.15, -0.1) is 0 Å². The Morgan fingerprint density at radius 3 is 2.68 bits per heavy atom. The lowest BCUT2D eigenvalue weighted by atomic mass is 10.1. The van der Waals surface area contributed by atoms with E-state index in [1.54, 1.807) is 0 Å². The van der Waals surface area contributed by atoms with E-state index in [9.17, 15) is 0 Å². The lowest BCUT2D eigenvalue weighted by Crippen LogP contribution is -2.35. The highest BCUT2D eigenvalue weighted by Crippen LogP contribution is 2.05. The smallest absolute Gasteiger partial charge is 0.0949 e. The number of nitrogens with zero attached hydrogens (tertiary/aromatic N) is 2. The summed E-state index contributed by atoms with van der Waals surface area (Å²) < 4.78 is 7.81. The van der Waals surface area contributed by atoms with Crippen molar-refractivity contribution in [2.75, 3.05) is 13.2 Å². The third-order valence-electron chi connectivity index (χ3n) is 2.91. The molecular formula is C15H29N3O. The molecule has 0 aromatic carbocycles. The van der Waals surface area contributed by atoms with Crippen LogP contribution in [0.2, 0.25) is 0 Å². The second kappa shape index (κ2) is 7.65. The molecule has 1 rings (SSSR count). The molecule has 0 aliphatic carbocycles. The summed E-state index contributed by atoms with van der Waals surface area (Å²) in [6, 6.07) is 0. The Hall–Kier alpha value is -0.870. The summed E-state index contributed by atoms with van der Waals surface area (Å²) in [7, 11) is 0. The van der Waals surface area contributed by atoms with E-state index < -0.39 is 0 Å². The summed E-state index contributed by atoms with van der Waals surface area (Å²) in [4.78, 5) is 4.22. The minimum atomic E-state index is 0.128. The van der Waals surface area contributed by atoms with Crippen LogP contribution in [0.1, 0.15) is 46.7 Å². The van der Waals surface area contributed by atoms with Crippen LogP contribution in [0.4, 0.5) is 0 Å². The Morgan fingerprint density at radius 2 is 2.05 bits per heavy atom. The summed E-state index contributed by atoms with van der Waals surface area (Å²) in [5.74, 6) is 0.708. The molecule has 0 aliphatic rings. The maximum Gasteiger partial charge on any atom is 0.0949 e. The fraction of sp³-hybridized carbons (Fsp3) is 0.800. The van der Waals surface area contributed by atoms with Gasteiger partial charge in [0, 0.05) is 31.4 Å². The van der Waals surface area contributed by atoms with Gasteiger partial charge in [0.1, 0.15) is 0 Å². The lowest BCUT2D eigenvalue weighted by Gasteiger charge is -2.21. The van der Waals surface area contributed by atoms with Gasteiger partial charge in [-0.2, -0.15) is 0 Å². The van der Waals surface area contributed by atoms with Crippen molar-refractivity contribution in [2.45, 2.75) is 59.7 Å². The SMILES string of the molecule is CC(C)CCOCCn1cncc1CNC(C)(C)C. The van der Waals surface area contributed by atoms with Gasteiger partial charge in [-0.05, 0) is 33.1 Å². The van der Waals surface area contributed by atoms with Gasteiger partial charge in [0.05, 0.1) is 18.6 Å². The van der Waals surface area contributed by atoms with Gasteiger partial charge in [-0.3, -0.25) is 0 Å². The van der Waals surface area contributed by atoms with Crippen molar-refractivity contribution in [2.24, 2.45) is 5.92 Å². The molecule has 0 fully saturated rings. The number of hydrogen-bond acceptors (Lipinski definition) is 3. The molecular weight excluding hydrogens is 238 g/mol. The number of ether oxygens (including phenoxy) is 1. The van der Waals surface area contributed by atoms with Gasteiger partial charge in [-0.1, -0.05) is 13.8 Å². The zero-order valence-electron chi connectivity index (χ0n) is 13.1. The van der Waals surface area contributed by atoms with E-state index in [-0.39, 0.29) is 5.54 Å². The van der Waals surface area contributed by atoms with Crippen LogP contribution in [0.25, 0.3) is 0 Å². The van der Waals surface area contributed by atoms with E-state index >= 15 is 0 Å². The minimum absolute atomic E-state index is 0.128. The Balaban J connectivity index is 2.28. The molecule has 0 amide bonds. The third kappa shape index (κ3) is 7.33. The van der Waals surface area contributed by atoms with Crippen molar-refractivity contribution >= 4 is 0 Å². The molecule has 1 heterocycles. The minimum Gasteiger partial charge on any atom is -0.380 e. The van der Waals surface area contributed by atoms with Gasteiger partial charge in [0.25, 0.3) is 0 Å². The summed E-state index contributed by atoms with van der Waals surface area (Å²) >= 11 is 0. The number of imidazole rings is 1. The molecule has 4 heteroatoms. The molecule has 0 radical (unpaired) electrons. The van der Waals surface area contributed by atoms with Crippen molar-refractivity contribution < 1.29 is 4.74 Å². The molecule has 19 heavy (non-hydrogen) atoms. The standard InChI is InChI=1S/C15H29N3O/c1-13(2)6-8-19-9-7-18-12-16-10-14(18)11-17-15(3,4)5/h10,12-13,17H,6-9,11H2,1-5H3. The largest absolute Gasteiger partial charge is 0.380 e. The first-order valence-corrected chi connectivity index (χ1v) is 7.20. The molecule has 1 aromatic heterocycles. The van der Waals surface area contributed by atoms with Crippen molar-refractivity contribution in [1.82, 2.24) is 14.9 Å². The van der Waals surface area contributed by atoms with E-state index in [2.05, 4.69) is 49.5 Å². The Morgan fingerprint density at radius 1 is 1.32 bits per heavy atom. The summed E-state index contributed by atoms with van der Waals surface area (Å²) in [6.07, 6.45) is 4.93. The highest BCUT2D eigenvalue weighted by molar-refractivity contribution is 4.98. The van der Waals surface area contributed by atoms with Crippen LogP contribution >= 0.6 is 0 Å². The summed E-state index contributed by atoms with van der Waals surface area (Å²) in [5.41, 5.74) is 1.34. The van der Waals surface area contributed by atoms with Gasteiger partial charge < -0.3 is 14.6 Å². The van der Waals surface area contributed by atoms with Crippen LogP contribution in [-0.2, 0) is 17.8 Å².